The molecule has 0 fully saturated rings. The van der Waals surface area contributed by atoms with E-state index in [1.165, 1.54) is 6.92 Å². The third kappa shape index (κ3) is 4.91. The second kappa shape index (κ2) is 5.74. The van der Waals surface area contributed by atoms with Gasteiger partial charge >= 0.3 is 0 Å². The molecule has 0 radical (unpaired) electrons. The molecule has 0 saturated heterocycles. The van der Waals surface area contributed by atoms with Crippen LogP contribution in [0.25, 0.3) is 0 Å². The maximum Gasteiger partial charge on any atom is 0.266 e. The molecular weight excluding hydrogens is 186 g/mol. The molecule has 0 atom stereocenters. The average Bonchev–Trinajstić information content (AvgIpc) is 2.10. The summed E-state index contributed by atoms with van der Waals surface area (Å²) in [5.41, 5.74) is 4.82. The van der Waals surface area contributed by atoms with Crippen molar-refractivity contribution in [3.05, 3.63) is 11.9 Å². The minimum absolute atomic E-state index is 0.132. The van der Waals surface area contributed by atoms with E-state index in [4.69, 9.17) is 5.73 Å². The standard InChI is InChI=1S/C8H13N3O3/c1-3-7(13)11-6(8(9)14)4-10-5(2)12/h4H,3H2,1-2H3,(H2,9,14)(H,10,12)(H,11,13). The fraction of sp³-hybridized carbons (Fsp3) is 0.375. The molecule has 0 aliphatic heterocycles. The summed E-state index contributed by atoms with van der Waals surface area (Å²) in [4.78, 5) is 32.2. The van der Waals surface area contributed by atoms with Gasteiger partial charge in [-0.1, -0.05) is 6.92 Å². The Labute approximate surface area is 81.5 Å². The van der Waals surface area contributed by atoms with Gasteiger partial charge in [0.15, 0.2) is 0 Å². The van der Waals surface area contributed by atoms with Gasteiger partial charge < -0.3 is 16.4 Å². The summed E-state index contributed by atoms with van der Waals surface area (Å²) >= 11 is 0. The molecule has 0 aromatic carbocycles. The normalized spacial score (nSPS) is 10.6. The second-order valence-corrected chi connectivity index (χ2v) is 2.52. The Kier molecular flexibility index (Phi) is 4.98. The maximum absolute atomic E-state index is 10.9. The number of amides is 3. The minimum Gasteiger partial charge on any atom is -0.364 e. The van der Waals surface area contributed by atoms with Crippen molar-refractivity contribution in [1.29, 1.82) is 0 Å². The number of carbonyl (C=O) groups excluding carboxylic acids is 3. The van der Waals surface area contributed by atoms with Gasteiger partial charge in [0.25, 0.3) is 5.91 Å². The van der Waals surface area contributed by atoms with Gasteiger partial charge in [-0.15, -0.1) is 0 Å². The first-order valence-corrected chi connectivity index (χ1v) is 4.04. The molecule has 3 amide bonds. The van der Waals surface area contributed by atoms with Gasteiger partial charge in [-0.2, -0.15) is 0 Å². The Bertz CT molecular complexity index is 284. The van der Waals surface area contributed by atoms with Gasteiger partial charge in [0.1, 0.15) is 5.70 Å². The van der Waals surface area contributed by atoms with Crippen LogP contribution in [0.1, 0.15) is 20.3 Å². The third-order valence-corrected chi connectivity index (χ3v) is 1.28. The molecule has 4 N–H and O–H groups in total. The lowest BCUT2D eigenvalue weighted by atomic mass is 10.4. The van der Waals surface area contributed by atoms with Crippen LogP contribution in [-0.2, 0) is 14.4 Å². The van der Waals surface area contributed by atoms with Crippen LogP contribution >= 0.6 is 0 Å². The van der Waals surface area contributed by atoms with Gasteiger partial charge in [-0.3, -0.25) is 14.4 Å². The Morgan fingerprint density at radius 3 is 2.29 bits per heavy atom. The molecule has 0 rings (SSSR count). The number of carbonyl (C=O) groups is 3. The van der Waals surface area contributed by atoms with Crippen LogP contribution in [0.2, 0.25) is 0 Å². The van der Waals surface area contributed by atoms with Crippen LogP contribution in [0.3, 0.4) is 0 Å². The fourth-order valence-corrected chi connectivity index (χ4v) is 0.581. The van der Waals surface area contributed by atoms with Crippen LogP contribution in [0.15, 0.2) is 11.9 Å². The highest BCUT2D eigenvalue weighted by Gasteiger charge is 2.07. The molecule has 0 spiro atoms. The summed E-state index contributed by atoms with van der Waals surface area (Å²) < 4.78 is 0. The van der Waals surface area contributed by atoms with Crippen molar-refractivity contribution in [2.75, 3.05) is 0 Å². The van der Waals surface area contributed by atoms with Gasteiger partial charge in [0, 0.05) is 19.5 Å². The number of hydrogen-bond donors (Lipinski definition) is 3. The molecule has 14 heavy (non-hydrogen) atoms. The van der Waals surface area contributed by atoms with E-state index in [9.17, 15) is 14.4 Å². The predicted octanol–water partition coefficient (Wildman–Crippen LogP) is -1.02. The van der Waals surface area contributed by atoms with E-state index in [0.717, 1.165) is 6.20 Å². The first-order chi connectivity index (χ1) is 6.47. The molecule has 0 aromatic heterocycles. The van der Waals surface area contributed by atoms with Crippen molar-refractivity contribution in [1.82, 2.24) is 10.6 Å². The van der Waals surface area contributed by atoms with E-state index in [-0.39, 0.29) is 23.9 Å². The molecule has 0 aromatic rings. The van der Waals surface area contributed by atoms with E-state index in [1.807, 2.05) is 0 Å². The highest BCUT2D eigenvalue weighted by molar-refractivity contribution is 5.96. The maximum atomic E-state index is 10.9. The molecule has 0 heterocycles. The van der Waals surface area contributed by atoms with Crippen LogP contribution in [0.4, 0.5) is 0 Å². The molecule has 0 saturated carbocycles. The first kappa shape index (κ1) is 12.2. The molecule has 0 unspecified atom stereocenters. The van der Waals surface area contributed by atoms with Crippen molar-refractivity contribution >= 4 is 17.7 Å². The third-order valence-electron chi connectivity index (χ3n) is 1.28. The van der Waals surface area contributed by atoms with Crippen LogP contribution in [-0.4, -0.2) is 17.7 Å². The summed E-state index contributed by atoms with van der Waals surface area (Å²) in [6.45, 7) is 2.91. The zero-order valence-corrected chi connectivity index (χ0v) is 8.09. The van der Waals surface area contributed by atoms with E-state index in [2.05, 4.69) is 10.6 Å². The molecule has 6 nitrogen and oxygen atoms in total. The quantitative estimate of drug-likeness (QED) is 0.505. The minimum atomic E-state index is -0.805. The Balaban J connectivity index is 4.44. The van der Waals surface area contributed by atoms with Crippen molar-refractivity contribution < 1.29 is 14.4 Å². The van der Waals surface area contributed by atoms with E-state index in [1.54, 1.807) is 6.92 Å². The summed E-state index contributed by atoms with van der Waals surface area (Å²) in [7, 11) is 0. The number of hydrogen-bond acceptors (Lipinski definition) is 3. The number of primary amides is 1. The molecule has 6 heteroatoms. The van der Waals surface area contributed by atoms with Crippen molar-refractivity contribution in [3.63, 3.8) is 0 Å². The van der Waals surface area contributed by atoms with Crippen LogP contribution in [0, 0.1) is 0 Å². The molecule has 0 bridgehead atoms. The van der Waals surface area contributed by atoms with Gasteiger partial charge in [-0.25, -0.2) is 0 Å². The molecule has 78 valence electrons. The largest absolute Gasteiger partial charge is 0.364 e. The van der Waals surface area contributed by atoms with Crippen molar-refractivity contribution in [2.24, 2.45) is 5.73 Å². The van der Waals surface area contributed by atoms with Crippen LogP contribution < -0.4 is 16.4 Å². The number of nitrogens with one attached hydrogen (secondary N) is 2. The van der Waals surface area contributed by atoms with Crippen molar-refractivity contribution in [3.8, 4) is 0 Å². The fourth-order valence-electron chi connectivity index (χ4n) is 0.581. The topological polar surface area (TPSA) is 101 Å². The lowest BCUT2D eigenvalue weighted by Crippen LogP contribution is -2.32. The van der Waals surface area contributed by atoms with E-state index in [0.29, 0.717) is 0 Å². The average molecular weight is 199 g/mol. The summed E-state index contributed by atoms with van der Waals surface area (Å²) in [6.07, 6.45) is 1.29. The zero-order valence-electron chi connectivity index (χ0n) is 8.09. The Hall–Kier alpha value is -1.85. The van der Waals surface area contributed by atoms with Gasteiger partial charge in [0.05, 0.1) is 0 Å². The van der Waals surface area contributed by atoms with Gasteiger partial charge in [0.2, 0.25) is 11.8 Å². The molecule has 0 aliphatic carbocycles. The van der Waals surface area contributed by atoms with E-state index < -0.39 is 5.91 Å². The summed E-state index contributed by atoms with van der Waals surface area (Å²) in [6, 6.07) is 0. The van der Waals surface area contributed by atoms with Gasteiger partial charge in [-0.05, 0) is 0 Å². The number of nitrogens with two attached hydrogens (primary N) is 1. The number of rotatable bonds is 4. The lowest BCUT2D eigenvalue weighted by Gasteiger charge is -2.04. The van der Waals surface area contributed by atoms with E-state index >= 15 is 0 Å². The highest BCUT2D eigenvalue weighted by atomic mass is 16.2. The van der Waals surface area contributed by atoms with Crippen LogP contribution in [0.5, 0.6) is 0 Å². The second-order valence-electron chi connectivity index (χ2n) is 2.52. The highest BCUT2D eigenvalue weighted by Crippen LogP contribution is 1.87. The predicted molar refractivity (Wildman–Crippen MR) is 49.5 cm³/mol. The molecular formula is C8H13N3O3. The first-order valence-electron chi connectivity index (χ1n) is 4.04. The smallest absolute Gasteiger partial charge is 0.266 e. The monoisotopic (exact) mass is 199 g/mol. The summed E-state index contributed by atoms with van der Waals surface area (Å²) in [5, 5.41) is 4.49. The zero-order chi connectivity index (χ0) is 11.1. The Morgan fingerprint density at radius 1 is 1.36 bits per heavy atom. The SMILES string of the molecule is CCC(=O)NC(=CNC(C)=O)C(N)=O. The Morgan fingerprint density at radius 2 is 1.93 bits per heavy atom. The summed E-state index contributed by atoms with van der Waals surface area (Å²) in [5.74, 6) is -1.50. The molecule has 0 aliphatic rings. The lowest BCUT2D eigenvalue weighted by molar-refractivity contribution is -0.122. The van der Waals surface area contributed by atoms with Crippen molar-refractivity contribution in [2.45, 2.75) is 20.3 Å².